The molecule has 0 atom stereocenters. The SMILES string of the molecule is CC(C)(O)c1nnc2ccc(-c3ccc(Oc4ccccc4)cc3)nn12. The highest BCUT2D eigenvalue weighted by Crippen LogP contribution is 2.25. The zero-order chi connectivity index (χ0) is 18.1. The Morgan fingerprint density at radius 2 is 1.54 bits per heavy atom. The van der Waals surface area contributed by atoms with Gasteiger partial charge in [-0.05, 0) is 62.4 Å². The second-order valence-electron chi connectivity index (χ2n) is 6.51. The van der Waals surface area contributed by atoms with Crippen molar-refractivity contribution in [1.29, 1.82) is 0 Å². The number of rotatable bonds is 4. The van der Waals surface area contributed by atoms with E-state index in [2.05, 4.69) is 15.3 Å². The first-order chi connectivity index (χ1) is 12.5. The highest BCUT2D eigenvalue weighted by molar-refractivity contribution is 5.61. The lowest BCUT2D eigenvalue weighted by Crippen LogP contribution is -2.20. The molecule has 0 aliphatic heterocycles. The van der Waals surface area contributed by atoms with Crippen molar-refractivity contribution in [2.45, 2.75) is 19.4 Å². The molecule has 0 fully saturated rings. The standard InChI is InChI=1S/C20H18N4O2/c1-20(2,25)19-22-21-18-13-12-17(23-24(18)19)14-8-10-16(11-9-14)26-15-6-4-3-5-7-15/h3-13,25H,1-2H3. The van der Waals surface area contributed by atoms with E-state index in [-0.39, 0.29) is 0 Å². The maximum Gasteiger partial charge on any atom is 0.185 e. The Kier molecular flexibility index (Phi) is 3.89. The second kappa shape index (κ2) is 6.24. The smallest absolute Gasteiger partial charge is 0.185 e. The second-order valence-corrected chi connectivity index (χ2v) is 6.51. The molecular formula is C20H18N4O2. The number of benzene rings is 2. The lowest BCUT2D eigenvalue weighted by atomic mass is 10.1. The Bertz CT molecular complexity index is 1040. The van der Waals surface area contributed by atoms with Gasteiger partial charge >= 0.3 is 0 Å². The van der Waals surface area contributed by atoms with Crippen LogP contribution in [-0.2, 0) is 5.60 Å². The van der Waals surface area contributed by atoms with Crippen LogP contribution >= 0.6 is 0 Å². The number of aliphatic hydroxyl groups is 1. The summed E-state index contributed by atoms with van der Waals surface area (Å²) >= 11 is 0. The molecule has 0 spiro atoms. The van der Waals surface area contributed by atoms with E-state index < -0.39 is 5.60 Å². The Morgan fingerprint density at radius 1 is 0.846 bits per heavy atom. The van der Waals surface area contributed by atoms with Crippen molar-refractivity contribution in [2.75, 3.05) is 0 Å². The number of ether oxygens (including phenoxy) is 1. The van der Waals surface area contributed by atoms with Crippen molar-refractivity contribution in [2.24, 2.45) is 0 Å². The van der Waals surface area contributed by atoms with Crippen molar-refractivity contribution >= 4 is 5.65 Å². The van der Waals surface area contributed by atoms with E-state index in [0.717, 1.165) is 22.8 Å². The fourth-order valence-electron chi connectivity index (χ4n) is 2.64. The minimum Gasteiger partial charge on any atom is -0.457 e. The molecule has 0 bridgehead atoms. The van der Waals surface area contributed by atoms with Crippen molar-refractivity contribution in [1.82, 2.24) is 19.8 Å². The summed E-state index contributed by atoms with van der Waals surface area (Å²) in [6.45, 7) is 3.32. The number of aromatic nitrogens is 4. The summed E-state index contributed by atoms with van der Waals surface area (Å²) in [4.78, 5) is 0. The number of hydrogen-bond acceptors (Lipinski definition) is 5. The van der Waals surface area contributed by atoms with Gasteiger partial charge in [-0.15, -0.1) is 10.2 Å². The summed E-state index contributed by atoms with van der Waals surface area (Å²) in [6, 6.07) is 21.0. The van der Waals surface area contributed by atoms with Gasteiger partial charge in [0.2, 0.25) is 0 Å². The molecule has 2 aromatic heterocycles. The summed E-state index contributed by atoms with van der Waals surface area (Å²) in [6.07, 6.45) is 0. The first-order valence-corrected chi connectivity index (χ1v) is 8.29. The average Bonchev–Trinajstić information content (AvgIpc) is 3.07. The summed E-state index contributed by atoms with van der Waals surface area (Å²) in [5, 5.41) is 22.9. The minimum atomic E-state index is -1.13. The first-order valence-electron chi connectivity index (χ1n) is 8.29. The fourth-order valence-corrected chi connectivity index (χ4v) is 2.64. The minimum absolute atomic E-state index is 0.401. The van der Waals surface area contributed by atoms with Crippen LogP contribution in [0.2, 0.25) is 0 Å². The Hall–Kier alpha value is -3.25. The zero-order valence-corrected chi connectivity index (χ0v) is 14.5. The molecule has 130 valence electrons. The largest absolute Gasteiger partial charge is 0.457 e. The van der Waals surface area contributed by atoms with E-state index in [9.17, 15) is 5.11 Å². The highest BCUT2D eigenvalue weighted by Gasteiger charge is 2.24. The maximum absolute atomic E-state index is 10.2. The van der Waals surface area contributed by atoms with Crippen LogP contribution in [0.4, 0.5) is 0 Å². The van der Waals surface area contributed by atoms with Crippen LogP contribution in [0.1, 0.15) is 19.7 Å². The summed E-state index contributed by atoms with van der Waals surface area (Å²) < 4.78 is 7.39. The van der Waals surface area contributed by atoms with E-state index in [1.54, 1.807) is 18.4 Å². The van der Waals surface area contributed by atoms with Gasteiger partial charge in [-0.3, -0.25) is 0 Å². The molecule has 0 unspecified atom stereocenters. The van der Waals surface area contributed by atoms with Crippen LogP contribution in [0.25, 0.3) is 16.9 Å². The summed E-state index contributed by atoms with van der Waals surface area (Å²) in [5.41, 5.74) is 1.16. The average molecular weight is 346 g/mol. The molecule has 0 saturated heterocycles. The van der Waals surface area contributed by atoms with Crippen LogP contribution in [0.15, 0.2) is 66.7 Å². The van der Waals surface area contributed by atoms with Gasteiger partial charge in [0, 0.05) is 5.56 Å². The molecule has 0 aliphatic rings. The van der Waals surface area contributed by atoms with E-state index in [0.29, 0.717) is 11.5 Å². The van der Waals surface area contributed by atoms with Crippen LogP contribution in [0.5, 0.6) is 11.5 Å². The van der Waals surface area contributed by atoms with Crippen molar-refractivity contribution < 1.29 is 9.84 Å². The molecule has 0 radical (unpaired) electrons. The Balaban J connectivity index is 1.65. The summed E-state index contributed by atoms with van der Waals surface area (Å²) in [7, 11) is 0. The van der Waals surface area contributed by atoms with Crippen LogP contribution < -0.4 is 4.74 Å². The predicted molar refractivity (Wildman–Crippen MR) is 98.0 cm³/mol. The van der Waals surface area contributed by atoms with E-state index in [1.165, 1.54) is 0 Å². The topological polar surface area (TPSA) is 72.5 Å². The molecule has 2 heterocycles. The Labute approximate surface area is 150 Å². The van der Waals surface area contributed by atoms with Gasteiger partial charge in [-0.25, -0.2) is 0 Å². The van der Waals surface area contributed by atoms with E-state index in [1.807, 2.05) is 66.7 Å². The number of hydrogen-bond donors (Lipinski definition) is 1. The van der Waals surface area contributed by atoms with Gasteiger partial charge in [0.1, 0.15) is 17.1 Å². The van der Waals surface area contributed by atoms with Gasteiger partial charge in [0.15, 0.2) is 11.5 Å². The molecule has 26 heavy (non-hydrogen) atoms. The normalized spacial score (nSPS) is 11.7. The molecule has 6 nitrogen and oxygen atoms in total. The molecule has 0 aliphatic carbocycles. The molecule has 2 aromatic carbocycles. The number of para-hydroxylation sites is 1. The fraction of sp³-hybridized carbons (Fsp3) is 0.150. The van der Waals surface area contributed by atoms with Gasteiger partial charge in [0.25, 0.3) is 0 Å². The van der Waals surface area contributed by atoms with Crippen molar-refractivity contribution in [3.8, 4) is 22.8 Å². The molecule has 4 rings (SSSR count). The molecule has 4 aromatic rings. The van der Waals surface area contributed by atoms with Crippen molar-refractivity contribution in [3.05, 3.63) is 72.6 Å². The Morgan fingerprint density at radius 3 is 2.23 bits per heavy atom. The number of nitrogens with zero attached hydrogens (tertiary/aromatic N) is 4. The van der Waals surface area contributed by atoms with Crippen LogP contribution in [-0.4, -0.2) is 24.9 Å². The number of fused-ring (bicyclic) bond motifs is 1. The van der Waals surface area contributed by atoms with Crippen LogP contribution in [0.3, 0.4) is 0 Å². The zero-order valence-electron chi connectivity index (χ0n) is 14.5. The monoisotopic (exact) mass is 346 g/mol. The quantitative estimate of drug-likeness (QED) is 0.608. The van der Waals surface area contributed by atoms with Gasteiger partial charge in [-0.2, -0.15) is 9.61 Å². The third-order valence-corrected chi connectivity index (χ3v) is 3.94. The van der Waals surface area contributed by atoms with E-state index in [4.69, 9.17) is 4.74 Å². The first kappa shape index (κ1) is 16.2. The third kappa shape index (κ3) is 3.14. The highest BCUT2D eigenvalue weighted by atomic mass is 16.5. The predicted octanol–water partition coefficient (Wildman–Crippen LogP) is 3.81. The van der Waals surface area contributed by atoms with Crippen molar-refractivity contribution in [3.63, 3.8) is 0 Å². The molecular weight excluding hydrogens is 328 g/mol. The third-order valence-electron chi connectivity index (χ3n) is 3.94. The molecule has 1 N–H and O–H groups in total. The summed E-state index contributed by atoms with van der Waals surface area (Å²) in [5.74, 6) is 1.94. The molecule has 0 saturated carbocycles. The van der Waals surface area contributed by atoms with Gasteiger partial charge < -0.3 is 9.84 Å². The van der Waals surface area contributed by atoms with Gasteiger partial charge in [0.05, 0.1) is 5.69 Å². The molecule has 0 amide bonds. The van der Waals surface area contributed by atoms with E-state index >= 15 is 0 Å². The van der Waals surface area contributed by atoms with Gasteiger partial charge in [-0.1, -0.05) is 18.2 Å². The lowest BCUT2D eigenvalue weighted by molar-refractivity contribution is 0.0665. The lowest BCUT2D eigenvalue weighted by Gasteiger charge is -2.14. The van der Waals surface area contributed by atoms with Crippen LogP contribution in [0, 0.1) is 0 Å². The maximum atomic E-state index is 10.2. The molecule has 6 heteroatoms.